The number of rotatable bonds is 6. The van der Waals surface area contributed by atoms with Crippen LogP contribution < -0.4 is 5.32 Å². The van der Waals surface area contributed by atoms with Crippen LogP contribution in [0.25, 0.3) is 10.6 Å². The minimum Gasteiger partial charge on any atom is -0.385 e. The summed E-state index contributed by atoms with van der Waals surface area (Å²) in [6.07, 6.45) is 1.12. The molecule has 0 bridgehead atoms. The van der Waals surface area contributed by atoms with Crippen molar-refractivity contribution < 1.29 is 9.53 Å². The summed E-state index contributed by atoms with van der Waals surface area (Å²) in [6, 6.07) is 6.20. The van der Waals surface area contributed by atoms with Gasteiger partial charge in [0.2, 0.25) is 11.0 Å². The first-order valence-electron chi connectivity index (χ1n) is 6.80. The summed E-state index contributed by atoms with van der Waals surface area (Å²) < 4.78 is 4.92. The lowest BCUT2D eigenvalue weighted by molar-refractivity contribution is -0.116. The molecule has 21 heavy (non-hydrogen) atoms. The third-order valence-electron chi connectivity index (χ3n) is 3.04. The topological polar surface area (TPSA) is 64.1 Å². The lowest BCUT2D eigenvalue weighted by Gasteiger charge is -2.02. The van der Waals surface area contributed by atoms with E-state index in [1.165, 1.54) is 16.9 Å². The SMILES string of the molecule is COCCCC(=O)Nc1nnc(-c2ccc(C)cc2C)s1. The van der Waals surface area contributed by atoms with Crippen molar-refractivity contribution in [1.82, 2.24) is 10.2 Å². The van der Waals surface area contributed by atoms with E-state index in [2.05, 4.69) is 28.5 Å². The molecule has 0 saturated heterocycles. The fourth-order valence-corrected chi connectivity index (χ4v) is 2.85. The van der Waals surface area contributed by atoms with E-state index in [1.54, 1.807) is 7.11 Å². The highest BCUT2D eigenvalue weighted by molar-refractivity contribution is 7.18. The number of amides is 1. The highest BCUT2D eigenvalue weighted by atomic mass is 32.1. The van der Waals surface area contributed by atoms with Crippen LogP contribution in [0.4, 0.5) is 5.13 Å². The van der Waals surface area contributed by atoms with Gasteiger partial charge in [0.1, 0.15) is 5.01 Å². The number of carbonyl (C=O) groups excluding carboxylic acids is 1. The van der Waals surface area contributed by atoms with Crippen molar-refractivity contribution in [3.8, 4) is 10.6 Å². The van der Waals surface area contributed by atoms with E-state index >= 15 is 0 Å². The molecule has 1 heterocycles. The summed E-state index contributed by atoms with van der Waals surface area (Å²) >= 11 is 1.39. The number of aryl methyl sites for hydroxylation is 2. The zero-order valence-corrected chi connectivity index (χ0v) is 13.3. The maximum absolute atomic E-state index is 11.7. The van der Waals surface area contributed by atoms with E-state index in [0.717, 1.165) is 16.1 Å². The summed E-state index contributed by atoms with van der Waals surface area (Å²) in [5, 5.41) is 12.3. The first-order chi connectivity index (χ1) is 10.1. The van der Waals surface area contributed by atoms with Crippen molar-refractivity contribution in [1.29, 1.82) is 0 Å². The van der Waals surface area contributed by atoms with Gasteiger partial charge >= 0.3 is 0 Å². The predicted octanol–water partition coefficient (Wildman–Crippen LogP) is 3.19. The highest BCUT2D eigenvalue weighted by Crippen LogP contribution is 2.29. The van der Waals surface area contributed by atoms with E-state index in [1.807, 2.05) is 19.1 Å². The van der Waals surface area contributed by atoms with E-state index in [-0.39, 0.29) is 5.91 Å². The number of nitrogens with one attached hydrogen (secondary N) is 1. The summed E-state index contributed by atoms with van der Waals surface area (Å²) in [4.78, 5) is 11.7. The normalized spacial score (nSPS) is 10.6. The number of hydrogen-bond acceptors (Lipinski definition) is 5. The molecule has 0 spiro atoms. The van der Waals surface area contributed by atoms with Gasteiger partial charge in [-0.1, -0.05) is 35.1 Å². The van der Waals surface area contributed by atoms with Gasteiger partial charge in [-0.3, -0.25) is 4.79 Å². The minimum atomic E-state index is -0.0598. The average molecular weight is 305 g/mol. The molecule has 2 aromatic rings. The fourth-order valence-electron chi connectivity index (χ4n) is 1.99. The fraction of sp³-hybridized carbons (Fsp3) is 0.400. The molecular formula is C15H19N3O2S. The Morgan fingerprint density at radius 1 is 1.33 bits per heavy atom. The van der Waals surface area contributed by atoms with E-state index in [4.69, 9.17) is 4.74 Å². The Morgan fingerprint density at radius 3 is 2.86 bits per heavy atom. The van der Waals surface area contributed by atoms with Gasteiger partial charge in [-0.2, -0.15) is 0 Å². The molecule has 0 aliphatic heterocycles. The molecule has 0 aliphatic carbocycles. The number of hydrogen-bond donors (Lipinski definition) is 1. The molecule has 6 heteroatoms. The van der Waals surface area contributed by atoms with Gasteiger partial charge in [0.15, 0.2) is 0 Å². The Balaban J connectivity index is 2.02. The lowest BCUT2D eigenvalue weighted by Crippen LogP contribution is -2.11. The zero-order chi connectivity index (χ0) is 15.2. The molecule has 0 atom stereocenters. The number of carbonyl (C=O) groups is 1. The second kappa shape index (κ2) is 7.28. The third kappa shape index (κ3) is 4.34. The van der Waals surface area contributed by atoms with Crippen LogP contribution >= 0.6 is 11.3 Å². The Hall–Kier alpha value is -1.79. The van der Waals surface area contributed by atoms with Crippen molar-refractivity contribution in [2.45, 2.75) is 26.7 Å². The number of aromatic nitrogens is 2. The first kappa shape index (κ1) is 15.6. The van der Waals surface area contributed by atoms with Crippen LogP contribution in [-0.2, 0) is 9.53 Å². The molecule has 5 nitrogen and oxygen atoms in total. The van der Waals surface area contributed by atoms with Crippen LogP contribution in [0, 0.1) is 13.8 Å². The van der Waals surface area contributed by atoms with Gasteiger partial charge < -0.3 is 10.1 Å². The third-order valence-corrected chi connectivity index (χ3v) is 3.91. The van der Waals surface area contributed by atoms with Crippen LogP contribution in [0.1, 0.15) is 24.0 Å². The van der Waals surface area contributed by atoms with E-state index < -0.39 is 0 Å². The lowest BCUT2D eigenvalue weighted by atomic mass is 10.1. The number of nitrogens with zero attached hydrogens (tertiary/aromatic N) is 2. The van der Waals surface area contributed by atoms with Gasteiger partial charge in [0.25, 0.3) is 0 Å². The number of ether oxygens (including phenoxy) is 1. The maximum atomic E-state index is 11.7. The summed E-state index contributed by atoms with van der Waals surface area (Å²) in [5.74, 6) is -0.0598. The monoisotopic (exact) mass is 305 g/mol. The summed E-state index contributed by atoms with van der Waals surface area (Å²) in [6.45, 7) is 4.69. The van der Waals surface area contributed by atoms with E-state index in [0.29, 0.717) is 24.6 Å². The Labute approximate surface area is 128 Å². The summed E-state index contributed by atoms with van der Waals surface area (Å²) in [5.41, 5.74) is 3.43. The Kier molecular flexibility index (Phi) is 5.41. The minimum absolute atomic E-state index is 0.0598. The van der Waals surface area contributed by atoms with Crippen LogP contribution in [0.5, 0.6) is 0 Å². The molecule has 0 aliphatic rings. The molecule has 0 unspecified atom stereocenters. The molecule has 1 aromatic heterocycles. The van der Waals surface area contributed by atoms with Gasteiger partial charge in [-0.15, -0.1) is 10.2 Å². The second-order valence-corrected chi connectivity index (χ2v) is 5.85. The molecule has 0 radical (unpaired) electrons. The molecule has 112 valence electrons. The van der Waals surface area contributed by atoms with Crippen molar-refractivity contribution in [2.24, 2.45) is 0 Å². The van der Waals surface area contributed by atoms with Gasteiger partial charge in [-0.25, -0.2) is 0 Å². The molecule has 1 aromatic carbocycles. The zero-order valence-electron chi connectivity index (χ0n) is 12.5. The predicted molar refractivity (Wildman–Crippen MR) is 84.6 cm³/mol. The Morgan fingerprint density at radius 2 is 2.14 bits per heavy atom. The molecular weight excluding hydrogens is 286 g/mol. The van der Waals surface area contributed by atoms with Crippen molar-refractivity contribution in [2.75, 3.05) is 19.0 Å². The molecule has 1 N–H and O–H groups in total. The standard InChI is InChI=1S/C15H19N3O2S/c1-10-6-7-12(11(2)9-10)14-17-18-15(21-14)16-13(19)5-4-8-20-3/h6-7,9H,4-5,8H2,1-3H3,(H,16,18,19). The van der Waals surface area contributed by atoms with Crippen molar-refractivity contribution in [3.63, 3.8) is 0 Å². The summed E-state index contributed by atoms with van der Waals surface area (Å²) in [7, 11) is 1.62. The number of benzene rings is 1. The Bertz CT molecular complexity index is 625. The molecule has 0 fully saturated rings. The van der Waals surface area contributed by atoms with Crippen LogP contribution in [-0.4, -0.2) is 29.8 Å². The molecule has 0 saturated carbocycles. The van der Waals surface area contributed by atoms with Gasteiger partial charge in [0, 0.05) is 25.7 Å². The van der Waals surface area contributed by atoms with Crippen LogP contribution in [0.3, 0.4) is 0 Å². The van der Waals surface area contributed by atoms with Crippen molar-refractivity contribution in [3.05, 3.63) is 29.3 Å². The smallest absolute Gasteiger partial charge is 0.226 e. The average Bonchev–Trinajstić information content (AvgIpc) is 2.87. The van der Waals surface area contributed by atoms with Crippen LogP contribution in [0.15, 0.2) is 18.2 Å². The largest absolute Gasteiger partial charge is 0.385 e. The van der Waals surface area contributed by atoms with E-state index in [9.17, 15) is 4.79 Å². The number of anilines is 1. The highest BCUT2D eigenvalue weighted by Gasteiger charge is 2.11. The second-order valence-electron chi connectivity index (χ2n) is 4.88. The molecule has 2 rings (SSSR count). The van der Waals surface area contributed by atoms with Gasteiger partial charge in [0.05, 0.1) is 0 Å². The van der Waals surface area contributed by atoms with Gasteiger partial charge in [-0.05, 0) is 25.8 Å². The number of methoxy groups -OCH3 is 1. The maximum Gasteiger partial charge on any atom is 0.226 e. The van der Waals surface area contributed by atoms with Crippen molar-refractivity contribution >= 4 is 22.4 Å². The van der Waals surface area contributed by atoms with Crippen LogP contribution in [0.2, 0.25) is 0 Å². The first-order valence-corrected chi connectivity index (χ1v) is 7.61. The molecule has 1 amide bonds. The quantitative estimate of drug-likeness (QED) is 0.832.